The minimum absolute atomic E-state index is 0.411. The third-order valence-electron chi connectivity index (χ3n) is 4.31. The zero-order valence-corrected chi connectivity index (χ0v) is 16.0. The van der Waals surface area contributed by atoms with E-state index in [0.29, 0.717) is 5.92 Å². The zero-order chi connectivity index (χ0) is 17.6. The molecule has 1 atom stereocenters. The number of para-hydroxylation sites is 1. The summed E-state index contributed by atoms with van der Waals surface area (Å²) in [6, 6.07) is 8.31. The van der Waals surface area contributed by atoms with Gasteiger partial charge in [-0.3, -0.25) is 4.99 Å². The molecular weight excluding hydrogens is 332 g/mol. The van der Waals surface area contributed by atoms with Crippen molar-refractivity contribution < 1.29 is 4.74 Å². The lowest BCUT2D eigenvalue weighted by Gasteiger charge is -2.26. The molecule has 0 amide bonds. The van der Waals surface area contributed by atoms with Crippen LogP contribution in [0.5, 0.6) is 5.75 Å². The van der Waals surface area contributed by atoms with Crippen LogP contribution in [0.2, 0.25) is 0 Å². The molecule has 0 saturated carbocycles. The second kappa shape index (κ2) is 8.34. The van der Waals surface area contributed by atoms with Gasteiger partial charge in [0, 0.05) is 31.4 Å². The Bertz CT molecular complexity index is 728. The molecule has 0 bridgehead atoms. The number of aryl methyl sites for hydroxylation is 1. The fourth-order valence-electron chi connectivity index (χ4n) is 3.07. The number of guanidine groups is 1. The Morgan fingerprint density at radius 1 is 1.44 bits per heavy atom. The number of nitrogens with zero attached hydrogens (tertiary/aromatic N) is 3. The zero-order valence-electron chi connectivity index (χ0n) is 15.2. The number of nitrogens with one attached hydrogen (secondary N) is 1. The standard InChI is InChI=1S/C19H26N4OS/c1-4-20-19(23(3)12-16-13-25-14(2)22-16)21-11-15-9-10-24-18-8-6-5-7-17(15)18/h5-8,13,15H,4,9-12H2,1-3H3,(H,20,21). The van der Waals surface area contributed by atoms with Gasteiger partial charge < -0.3 is 15.0 Å². The summed E-state index contributed by atoms with van der Waals surface area (Å²) in [7, 11) is 2.06. The molecule has 1 aliphatic rings. The van der Waals surface area contributed by atoms with E-state index >= 15 is 0 Å². The molecule has 1 aromatic carbocycles. The molecular formula is C19H26N4OS. The number of aliphatic imine (C=N–C) groups is 1. The molecule has 0 fully saturated rings. The van der Waals surface area contributed by atoms with Crippen molar-refractivity contribution in [3.63, 3.8) is 0 Å². The molecule has 1 aliphatic heterocycles. The Hall–Kier alpha value is -2.08. The summed E-state index contributed by atoms with van der Waals surface area (Å²) < 4.78 is 5.76. The molecule has 0 aliphatic carbocycles. The molecule has 6 heteroatoms. The lowest BCUT2D eigenvalue weighted by Crippen LogP contribution is -2.39. The number of thiazole rings is 1. The van der Waals surface area contributed by atoms with Crippen LogP contribution in [-0.4, -0.2) is 42.6 Å². The molecule has 1 N–H and O–H groups in total. The maximum atomic E-state index is 5.76. The van der Waals surface area contributed by atoms with Crippen LogP contribution >= 0.6 is 11.3 Å². The van der Waals surface area contributed by atoms with Crippen LogP contribution in [0.1, 0.15) is 35.5 Å². The average molecular weight is 359 g/mol. The second-order valence-electron chi connectivity index (χ2n) is 6.28. The molecule has 3 rings (SSSR count). The van der Waals surface area contributed by atoms with Gasteiger partial charge in [-0.25, -0.2) is 4.98 Å². The SMILES string of the molecule is CCNC(=NCC1CCOc2ccccc21)N(C)Cc1csc(C)n1. The van der Waals surface area contributed by atoms with Crippen LogP contribution in [0.15, 0.2) is 34.6 Å². The van der Waals surface area contributed by atoms with Crippen LogP contribution in [0, 0.1) is 6.92 Å². The molecule has 5 nitrogen and oxygen atoms in total. The summed E-state index contributed by atoms with van der Waals surface area (Å²) in [6.45, 7) is 7.28. The van der Waals surface area contributed by atoms with Gasteiger partial charge in [0.05, 0.1) is 23.9 Å². The highest BCUT2D eigenvalue weighted by molar-refractivity contribution is 7.09. The topological polar surface area (TPSA) is 49.8 Å². The Labute approximate surface area is 153 Å². The summed E-state index contributed by atoms with van der Waals surface area (Å²) >= 11 is 1.69. The van der Waals surface area contributed by atoms with Gasteiger partial charge in [-0.2, -0.15) is 0 Å². The van der Waals surface area contributed by atoms with Crippen molar-refractivity contribution in [3.8, 4) is 5.75 Å². The van der Waals surface area contributed by atoms with E-state index in [9.17, 15) is 0 Å². The normalized spacial score (nSPS) is 16.9. The molecule has 0 saturated heterocycles. The van der Waals surface area contributed by atoms with E-state index < -0.39 is 0 Å². The number of aromatic nitrogens is 1. The van der Waals surface area contributed by atoms with Gasteiger partial charge in [-0.1, -0.05) is 18.2 Å². The largest absolute Gasteiger partial charge is 0.493 e. The van der Waals surface area contributed by atoms with E-state index in [4.69, 9.17) is 9.73 Å². The number of rotatable bonds is 5. The van der Waals surface area contributed by atoms with E-state index in [-0.39, 0.29) is 0 Å². The Kier molecular flexibility index (Phi) is 5.91. The van der Waals surface area contributed by atoms with Gasteiger partial charge >= 0.3 is 0 Å². The van der Waals surface area contributed by atoms with Crippen LogP contribution in [0.25, 0.3) is 0 Å². The van der Waals surface area contributed by atoms with Gasteiger partial charge in [0.15, 0.2) is 5.96 Å². The first-order valence-electron chi connectivity index (χ1n) is 8.79. The molecule has 25 heavy (non-hydrogen) atoms. The van der Waals surface area contributed by atoms with Crippen LogP contribution in [0.4, 0.5) is 0 Å². The first kappa shape index (κ1) is 17.7. The predicted octanol–water partition coefficient (Wildman–Crippen LogP) is 3.42. The van der Waals surface area contributed by atoms with E-state index in [1.54, 1.807) is 11.3 Å². The fourth-order valence-corrected chi connectivity index (χ4v) is 3.67. The maximum Gasteiger partial charge on any atom is 0.194 e. The van der Waals surface area contributed by atoms with Gasteiger partial charge in [-0.05, 0) is 31.9 Å². The first-order chi connectivity index (χ1) is 12.2. The first-order valence-corrected chi connectivity index (χ1v) is 9.67. The summed E-state index contributed by atoms with van der Waals surface area (Å²) in [5, 5.41) is 6.61. The van der Waals surface area contributed by atoms with E-state index in [0.717, 1.165) is 55.1 Å². The molecule has 1 aromatic heterocycles. The maximum absolute atomic E-state index is 5.76. The van der Waals surface area contributed by atoms with Crippen LogP contribution in [-0.2, 0) is 6.54 Å². The minimum atomic E-state index is 0.411. The second-order valence-corrected chi connectivity index (χ2v) is 7.34. The smallest absolute Gasteiger partial charge is 0.194 e. The molecule has 134 valence electrons. The highest BCUT2D eigenvalue weighted by atomic mass is 32.1. The third-order valence-corrected chi connectivity index (χ3v) is 5.13. The monoisotopic (exact) mass is 358 g/mol. The molecule has 2 heterocycles. The van der Waals surface area contributed by atoms with E-state index in [1.807, 2.05) is 19.1 Å². The average Bonchev–Trinajstić information content (AvgIpc) is 3.03. The summed E-state index contributed by atoms with van der Waals surface area (Å²) in [4.78, 5) is 11.6. The number of benzene rings is 1. The number of ether oxygens (including phenoxy) is 1. The van der Waals surface area contributed by atoms with Gasteiger partial charge in [-0.15, -0.1) is 11.3 Å². The van der Waals surface area contributed by atoms with E-state index in [2.05, 4.69) is 46.7 Å². The van der Waals surface area contributed by atoms with Gasteiger partial charge in [0.25, 0.3) is 0 Å². The number of hydrogen-bond donors (Lipinski definition) is 1. The quantitative estimate of drug-likeness (QED) is 0.657. The van der Waals surface area contributed by atoms with Crippen molar-refractivity contribution in [3.05, 3.63) is 45.9 Å². The van der Waals surface area contributed by atoms with Crippen molar-refractivity contribution in [1.82, 2.24) is 15.2 Å². The van der Waals surface area contributed by atoms with Crippen molar-refractivity contribution in [2.24, 2.45) is 4.99 Å². The Balaban J connectivity index is 1.70. The van der Waals surface area contributed by atoms with Crippen molar-refractivity contribution >= 4 is 17.3 Å². The van der Waals surface area contributed by atoms with Crippen molar-refractivity contribution in [2.45, 2.75) is 32.7 Å². The van der Waals surface area contributed by atoms with E-state index in [1.165, 1.54) is 5.56 Å². The Morgan fingerprint density at radius 3 is 3.04 bits per heavy atom. The summed E-state index contributed by atoms with van der Waals surface area (Å²) in [6.07, 6.45) is 1.01. The van der Waals surface area contributed by atoms with Crippen LogP contribution in [0.3, 0.4) is 0 Å². The van der Waals surface area contributed by atoms with Crippen molar-refractivity contribution in [1.29, 1.82) is 0 Å². The molecule has 0 spiro atoms. The Morgan fingerprint density at radius 2 is 2.28 bits per heavy atom. The van der Waals surface area contributed by atoms with Gasteiger partial charge in [0.2, 0.25) is 0 Å². The highest BCUT2D eigenvalue weighted by Crippen LogP contribution is 2.33. The fraction of sp³-hybridized carbons (Fsp3) is 0.474. The minimum Gasteiger partial charge on any atom is -0.493 e. The summed E-state index contributed by atoms with van der Waals surface area (Å²) in [5.74, 6) is 2.34. The number of hydrogen-bond acceptors (Lipinski definition) is 4. The predicted molar refractivity (Wildman–Crippen MR) is 104 cm³/mol. The molecule has 2 aromatic rings. The third kappa shape index (κ3) is 4.51. The van der Waals surface area contributed by atoms with Crippen LogP contribution < -0.4 is 10.1 Å². The van der Waals surface area contributed by atoms with Gasteiger partial charge in [0.1, 0.15) is 5.75 Å². The highest BCUT2D eigenvalue weighted by Gasteiger charge is 2.21. The molecule has 0 radical (unpaired) electrons. The van der Waals surface area contributed by atoms with Crippen molar-refractivity contribution in [2.75, 3.05) is 26.7 Å². The lowest BCUT2D eigenvalue weighted by atomic mass is 9.93. The lowest BCUT2D eigenvalue weighted by molar-refractivity contribution is 0.268. The molecule has 1 unspecified atom stereocenters. The number of fused-ring (bicyclic) bond motifs is 1. The summed E-state index contributed by atoms with van der Waals surface area (Å²) in [5.41, 5.74) is 2.36.